The molecule has 0 spiro atoms. The van der Waals surface area contributed by atoms with Gasteiger partial charge in [-0.2, -0.15) is 0 Å². The second kappa shape index (κ2) is 15.1. The lowest BCUT2D eigenvalue weighted by molar-refractivity contribution is 0.488. The Hall–Kier alpha value is -8.20. The summed E-state index contributed by atoms with van der Waals surface area (Å²) < 4.78 is 6.89. The number of ether oxygens (including phenoxy) is 1. The van der Waals surface area contributed by atoms with E-state index < -0.39 is 5.41 Å². The SMILES string of the molecule is c1ccc(-c2ccc(N(c3ccc4c(c3)-c3ccccc3-c3cc(-c5ccccc5)ccc3O4)c3ccc4c(c3)C(c3ccccc3)(c3ccccc3)c3ccccc3-4)cc2)cc1. The number of hydrogen-bond acceptors (Lipinski definition) is 2. The van der Waals surface area contributed by atoms with Gasteiger partial charge in [0.05, 0.1) is 5.41 Å². The highest BCUT2D eigenvalue weighted by molar-refractivity contribution is 5.95. The summed E-state index contributed by atoms with van der Waals surface area (Å²) in [6.07, 6.45) is 0. The van der Waals surface area contributed by atoms with Crippen molar-refractivity contribution in [2.24, 2.45) is 0 Å². The molecule has 0 amide bonds. The highest BCUT2D eigenvalue weighted by Gasteiger charge is 2.46. The van der Waals surface area contributed by atoms with Gasteiger partial charge in [0, 0.05) is 28.2 Å². The normalized spacial score (nSPS) is 12.7. The minimum Gasteiger partial charge on any atom is -0.456 e. The van der Waals surface area contributed by atoms with Gasteiger partial charge in [-0.15, -0.1) is 0 Å². The maximum absolute atomic E-state index is 6.89. The minimum atomic E-state index is -0.530. The van der Waals surface area contributed by atoms with Crippen molar-refractivity contribution in [3.8, 4) is 67.1 Å². The monoisotopic (exact) mass is 803 g/mol. The van der Waals surface area contributed by atoms with Crippen LogP contribution in [0.25, 0.3) is 55.6 Å². The van der Waals surface area contributed by atoms with E-state index in [1.165, 1.54) is 50.1 Å². The van der Waals surface area contributed by atoms with Gasteiger partial charge in [0.15, 0.2) is 0 Å². The summed E-state index contributed by atoms with van der Waals surface area (Å²) in [7, 11) is 0. The van der Waals surface area contributed by atoms with Crippen LogP contribution in [0.5, 0.6) is 11.5 Å². The van der Waals surface area contributed by atoms with Gasteiger partial charge >= 0.3 is 0 Å². The van der Waals surface area contributed by atoms with E-state index in [0.717, 1.165) is 56.4 Å². The van der Waals surface area contributed by atoms with Crippen molar-refractivity contribution in [1.82, 2.24) is 0 Å². The van der Waals surface area contributed by atoms with Gasteiger partial charge in [-0.25, -0.2) is 0 Å². The third kappa shape index (κ3) is 6.02. The number of nitrogens with zero attached hydrogens (tertiary/aromatic N) is 1. The molecule has 2 nitrogen and oxygen atoms in total. The largest absolute Gasteiger partial charge is 0.456 e. The molecule has 0 radical (unpaired) electrons. The summed E-state index contributed by atoms with van der Waals surface area (Å²) in [6, 6.07) is 90.1. The lowest BCUT2D eigenvalue weighted by Gasteiger charge is -2.35. The van der Waals surface area contributed by atoms with Gasteiger partial charge in [-0.1, -0.05) is 194 Å². The molecule has 1 heterocycles. The third-order valence-corrected chi connectivity index (χ3v) is 13.0. The second-order valence-electron chi connectivity index (χ2n) is 16.4. The average molecular weight is 804 g/mol. The Morgan fingerprint density at radius 1 is 0.270 bits per heavy atom. The maximum atomic E-state index is 6.89. The standard InChI is InChI=1S/C61H41NO/c1-5-17-42(18-6-1)44-29-32-48(33-30-44)62(49-35-38-60-56(40-49)52-26-14-13-25-51(52)55-39-45(31-37-59(55)63-60)43-19-7-2-8-20-43)50-34-36-54-53-27-15-16-28-57(53)61(58(54)41-50,46-21-9-3-10-22-46)47-23-11-4-12-24-47/h1-41H. The van der Waals surface area contributed by atoms with Crippen LogP contribution in [0.15, 0.2) is 249 Å². The van der Waals surface area contributed by atoms with Crippen LogP contribution in [0.2, 0.25) is 0 Å². The molecular formula is C61H41NO. The summed E-state index contributed by atoms with van der Waals surface area (Å²) in [6.45, 7) is 0. The van der Waals surface area contributed by atoms with E-state index in [4.69, 9.17) is 4.74 Å². The molecule has 296 valence electrons. The lowest BCUT2D eigenvalue weighted by atomic mass is 9.67. The van der Waals surface area contributed by atoms with Crippen LogP contribution >= 0.6 is 0 Å². The number of anilines is 3. The van der Waals surface area contributed by atoms with Crippen molar-refractivity contribution >= 4 is 17.1 Å². The fraction of sp³-hybridized carbons (Fsp3) is 0.0164. The van der Waals surface area contributed by atoms with Crippen LogP contribution in [-0.4, -0.2) is 0 Å². The van der Waals surface area contributed by atoms with Gasteiger partial charge in [0.2, 0.25) is 0 Å². The molecule has 63 heavy (non-hydrogen) atoms. The van der Waals surface area contributed by atoms with Gasteiger partial charge < -0.3 is 9.64 Å². The molecule has 0 aromatic heterocycles. The first kappa shape index (κ1) is 36.6. The van der Waals surface area contributed by atoms with E-state index >= 15 is 0 Å². The van der Waals surface area contributed by atoms with Crippen LogP contribution in [0, 0.1) is 0 Å². The topological polar surface area (TPSA) is 12.5 Å². The van der Waals surface area contributed by atoms with Crippen LogP contribution < -0.4 is 9.64 Å². The zero-order valence-corrected chi connectivity index (χ0v) is 34.5. The van der Waals surface area contributed by atoms with E-state index in [2.05, 4.69) is 254 Å². The summed E-state index contributed by atoms with van der Waals surface area (Å²) in [4.78, 5) is 2.41. The molecule has 0 saturated carbocycles. The molecule has 10 aromatic rings. The molecule has 10 aromatic carbocycles. The fourth-order valence-electron chi connectivity index (χ4n) is 10.1. The highest BCUT2D eigenvalue weighted by atomic mass is 16.5. The quantitative estimate of drug-likeness (QED) is 0.159. The van der Waals surface area contributed by atoms with Gasteiger partial charge in [0.25, 0.3) is 0 Å². The molecule has 12 rings (SSSR count). The first-order valence-electron chi connectivity index (χ1n) is 21.7. The summed E-state index contributed by atoms with van der Waals surface area (Å²) >= 11 is 0. The van der Waals surface area contributed by atoms with E-state index in [9.17, 15) is 0 Å². The molecule has 0 atom stereocenters. The molecular weight excluding hydrogens is 763 g/mol. The maximum Gasteiger partial charge on any atom is 0.135 e. The van der Waals surface area contributed by atoms with E-state index in [1.807, 2.05) is 0 Å². The van der Waals surface area contributed by atoms with Crippen molar-refractivity contribution in [2.45, 2.75) is 5.41 Å². The Bertz CT molecular complexity index is 3250. The highest BCUT2D eigenvalue weighted by Crippen LogP contribution is 2.58. The summed E-state index contributed by atoms with van der Waals surface area (Å²) in [5.41, 5.74) is 19.3. The van der Waals surface area contributed by atoms with Crippen LogP contribution in [0.3, 0.4) is 0 Å². The number of benzene rings is 10. The summed E-state index contributed by atoms with van der Waals surface area (Å²) in [5, 5.41) is 0. The predicted molar refractivity (Wildman–Crippen MR) is 260 cm³/mol. The fourth-order valence-corrected chi connectivity index (χ4v) is 10.1. The van der Waals surface area contributed by atoms with Crippen molar-refractivity contribution in [2.75, 3.05) is 4.90 Å². The molecule has 2 aliphatic rings. The molecule has 1 aliphatic heterocycles. The van der Waals surface area contributed by atoms with Crippen LogP contribution in [0.1, 0.15) is 22.3 Å². The van der Waals surface area contributed by atoms with E-state index in [-0.39, 0.29) is 0 Å². The Morgan fingerprint density at radius 2 is 0.698 bits per heavy atom. The molecule has 0 N–H and O–H groups in total. The molecule has 0 bridgehead atoms. The molecule has 0 saturated heterocycles. The first-order valence-corrected chi connectivity index (χ1v) is 21.7. The van der Waals surface area contributed by atoms with Crippen LogP contribution in [-0.2, 0) is 5.41 Å². The Balaban J connectivity index is 1.07. The number of hydrogen-bond donors (Lipinski definition) is 0. The number of fused-ring (bicyclic) bond motifs is 8. The van der Waals surface area contributed by atoms with Gasteiger partial charge in [-0.05, 0) is 121 Å². The van der Waals surface area contributed by atoms with Crippen LogP contribution in [0.4, 0.5) is 17.1 Å². The van der Waals surface area contributed by atoms with Gasteiger partial charge in [0.1, 0.15) is 11.5 Å². The van der Waals surface area contributed by atoms with Crippen molar-refractivity contribution < 1.29 is 4.74 Å². The zero-order valence-electron chi connectivity index (χ0n) is 34.5. The molecule has 0 unspecified atom stereocenters. The average Bonchev–Trinajstić information content (AvgIpc) is 3.58. The Labute approximate surface area is 368 Å². The third-order valence-electron chi connectivity index (χ3n) is 13.0. The van der Waals surface area contributed by atoms with Gasteiger partial charge in [-0.3, -0.25) is 0 Å². The Morgan fingerprint density at radius 3 is 1.33 bits per heavy atom. The van der Waals surface area contributed by atoms with E-state index in [1.54, 1.807) is 0 Å². The predicted octanol–water partition coefficient (Wildman–Crippen LogP) is 16.3. The zero-order chi connectivity index (χ0) is 41.7. The molecule has 2 heteroatoms. The number of rotatable bonds is 7. The van der Waals surface area contributed by atoms with E-state index in [0.29, 0.717) is 0 Å². The van der Waals surface area contributed by atoms with Crippen molar-refractivity contribution in [1.29, 1.82) is 0 Å². The van der Waals surface area contributed by atoms with Crippen molar-refractivity contribution in [3.63, 3.8) is 0 Å². The summed E-state index contributed by atoms with van der Waals surface area (Å²) in [5.74, 6) is 1.67. The van der Waals surface area contributed by atoms with Crippen molar-refractivity contribution in [3.05, 3.63) is 271 Å². The second-order valence-corrected chi connectivity index (χ2v) is 16.4. The smallest absolute Gasteiger partial charge is 0.135 e. The lowest BCUT2D eigenvalue weighted by Crippen LogP contribution is -2.28. The minimum absolute atomic E-state index is 0.530. The molecule has 0 fully saturated rings. The Kier molecular flexibility index (Phi) is 8.76. The first-order chi connectivity index (χ1) is 31.2. The molecule has 1 aliphatic carbocycles.